The van der Waals surface area contributed by atoms with E-state index in [1.807, 2.05) is 103 Å². The molecule has 11 heterocycles. The van der Waals surface area contributed by atoms with Crippen molar-refractivity contribution in [2.75, 3.05) is 124 Å². The Morgan fingerprint density at radius 1 is 0.387 bits per heavy atom. The Labute approximate surface area is 887 Å². The number of nitrogens with one attached hydrogen (secondary N) is 6. The summed E-state index contributed by atoms with van der Waals surface area (Å²) < 4.78 is 97.9. The quantitative estimate of drug-likeness (QED) is 0.0493. The Morgan fingerprint density at radius 2 is 0.720 bits per heavy atom. The van der Waals surface area contributed by atoms with Crippen molar-refractivity contribution in [1.29, 1.82) is 0 Å². The Hall–Kier alpha value is -14.2. The van der Waals surface area contributed by atoms with E-state index in [0.29, 0.717) is 184 Å². The summed E-state index contributed by atoms with van der Waals surface area (Å²) in [5.74, 6) is 0.708. The number of carbonyl (C=O) groups excluding carboxylic acids is 7. The lowest BCUT2D eigenvalue weighted by atomic mass is 9.92. The smallest absolute Gasteiger partial charge is 0.416 e. The number of fused-ring (bicyclic) bond motifs is 12. The van der Waals surface area contributed by atoms with E-state index in [2.05, 4.69) is 35.5 Å². The van der Waals surface area contributed by atoms with Crippen LogP contribution in [0.5, 0.6) is 23.0 Å². The highest BCUT2D eigenvalue weighted by Crippen LogP contribution is 2.47. The van der Waals surface area contributed by atoms with Gasteiger partial charge >= 0.3 is 30.5 Å². The van der Waals surface area contributed by atoms with E-state index < -0.39 is 52.2 Å². The molecule has 776 valence electrons. The van der Waals surface area contributed by atoms with Crippen LogP contribution < -0.4 is 29.6 Å². The molecule has 4 unspecified atom stereocenters. The van der Waals surface area contributed by atoms with E-state index in [-0.39, 0.29) is 59.2 Å². The fourth-order valence-electron chi connectivity index (χ4n) is 20.4. The third-order valence-corrected chi connectivity index (χ3v) is 30.8. The second-order valence-electron chi connectivity index (χ2n) is 36.8. The molecule has 0 bridgehead atoms. The fraction of sp³-hybridized carbons (Fsp3) is 0.277. The van der Waals surface area contributed by atoms with Crippen molar-refractivity contribution in [3.05, 3.63) is 352 Å². The highest BCUT2D eigenvalue weighted by molar-refractivity contribution is 7.89. The molecule has 0 spiro atoms. The zero-order chi connectivity index (χ0) is 105. The number of amides is 7. The van der Waals surface area contributed by atoms with Crippen LogP contribution in [0, 0.1) is 11.6 Å². The molecule has 3 saturated heterocycles. The summed E-state index contributed by atoms with van der Waals surface area (Å²) in [6.45, 7) is 11.5. The summed E-state index contributed by atoms with van der Waals surface area (Å²) in [7, 11) is -2.08. The number of halogens is 7. The number of nitrogens with zero attached hydrogens (tertiary/aromatic N) is 7. The number of H-pyrrole nitrogens is 4. The van der Waals surface area contributed by atoms with E-state index >= 15 is 0 Å². The number of aromatic nitrogens is 4. The molecule has 38 heteroatoms. The maximum atomic E-state index is 13.6. The van der Waals surface area contributed by atoms with Gasteiger partial charge in [-0.25, -0.2) is 41.2 Å². The first-order valence-electron chi connectivity index (χ1n) is 49.4. The zero-order valence-corrected chi connectivity index (χ0v) is 86.5. The Morgan fingerprint density at radius 3 is 1.11 bits per heavy atom. The molecule has 7 aliphatic rings. The zero-order valence-electron chi connectivity index (χ0n) is 81.9. The van der Waals surface area contributed by atoms with Crippen LogP contribution in [0.2, 0.25) is 25.1 Å². The van der Waals surface area contributed by atoms with Crippen LogP contribution in [0.4, 0.5) is 38.4 Å². The molecule has 0 aliphatic carbocycles. The summed E-state index contributed by atoms with van der Waals surface area (Å²) in [5, 5.41) is 13.3. The van der Waals surface area contributed by atoms with Crippen LogP contribution >= 0.6 is 58.0 Å². The molecule has 30 nitrogen and oxygen atoms in total. The number of anilines is 1. The molecular formula is C112H106Cl5F2N13O17S. The number of carbonyl (C=O) groups is 7. The maximum Gasteiger partial charge on any atom is 0.416 e. The van der Waals surface area contributed by atoms with Crippen molar-refractivity contribution in [1.82, 2.24) is 59.0 Å². The van der Waals surface area contributed by atoms with Gasteiger partial charge in [-0.05, 0) is 291 Å². The monoisotopic (exact) mass is 2150 g/mol. The van der Waals surface area contributed by atoms with Gasteiger partial charge in [0.1, 0.15) is 58.8 Å². The third-order valence-electron chi connectivity index (χ3n) is 27.7. The van der Waals surface area contributed by atoms with Gasteiger partial charge in [0.15, 0.2) is 0 Å². The van der Waals surface area contributed by atoms with Crippen LogP contribution in [0.15, 0.2) is 248 Å². The van der Waals surface area contributed by atoms with Crippen LogP contribution in [0.25, 0.3) is 43.6 Å². The number of aromatic amines is 4. The maximum absolute atomic E-state index is 13.6. The largest absolute Gasteiger partial charge is 0.497 e. The average molecular weight is 2150 g/mol. The van der Waals surface area contributed by atoms with E-state index in [0.717, 1.165) is 124 Å². The van der Waals surface area contributed by atoms with Gasteiger partial charge in [-0.15, -0.1) is 0 Å². The van der Waals surface area contributed by atoms with Gasteiger partial charge in [-0.2, -0.15) is 4.31 Å². The second kappa shape index (κ2) is 46.5. The average Bonchev–Trinajstić information content (AvgIpc) is 1.60. The molecule has 6 N–H and O–H groups in total. The van der Waals surface area contributed by atoms with Crippen LogP contribution in [-0.2, 0) is 59.4 Å². The number of piperidine rings is 1. The number of morpholine rings is 2. The molecule has 0 saturated carbocycles. The minimum atomic E-state index is -3.66. The number of likely N-dealkylation sites (tertiary alicyclic amines) is 1. The third kappa shape index (κ3) is 23.4. The lowest BCUT2D eigenvalue weighted by molar-refractivity contribution is -0.118. The number of benzene rings is 11. The van der Waals surface area contributed by atoms with Crippen molar-refractivity contribution in [2.45, 2.75) is 87.5 Å². The van der Waals surface area contributed by atoms with Gasteiger partial charge in [-0.1, -0.05) is 107 Å². The first-order valence-corrected chi connectivity index (χ1v) is 52.7. The number of hydrogen-bond donors (Lipinski definition) is 6. The molecule has 11 aromatic carbocycles. The van der Waals surface area contributed by atoms with Gasteiger partial charge in [0, 0.05) is 174 Å². The first-order chi connectivity index (χ1) is 72.7. The molecule has 4 aromatic heterocycles. The highest BCUT2D eigenvalue weighted by atomic mass is 35.5. The van der Waals surface area contributed by atoms with Crippen molar-refractivity contribution >= 4 is 160 Å². The van der Waals surface area contributed by atoms with E-state index in [9.17, 15) is 50.8 Å². The molecule has 15 aromatic rings. The van der Waals surface area contributed by atoms with E-state index in [1.165, 1.54) is 40.7 Å². The molecule has 7 amide bonds. The number of hydrogen-bond acceptors (Lipinski definition) is 18. The van der Waals surface area contributed by atoms with Gasteiger partial charge in [0.05, 0.1) is 58.2 Å². The molecule has 7 aliphatic heterocycles. The molecule has 3 fully saturated rings. The SMILES string of the molecule is CCOC(=O)N1CCC(NC(=O)c2ccc(C3c4[nH]c5ccc(Cl)cc5c4CCN3C(=O)OCC)cc2)CC1.COc1ccc(OC(=O)N2CCc3c([nH]c4ccc(Cl)cc34)C2c2ccc(S(=O)(=O)N3CCOCC3)cc2)cc1.O=C(CN1CCOCC1)Nc1ccc(C2c3[nH]c4ccc(Cl)cc4c3CCN2C(=O)Oc2ccc(Cl)cc2)cc1.O=C(Oc1ccc(F)cc1)N1CCc2c([nH]c3ccc(Cl)cc23)C1c1ccc(F)cc1. The summed E-state index contributed by atoms with van der Waals surface area (Å²) in [6, 6.07) is 67.5. The van der Waals surface area contributed by atoms with Crippen molar-refractivity contribution in [3.8, 4) is 23.0 Å². The van der Waals surface area contributed by atoms with Gasteiger partial charge in [0.2, 0.25) is 15.9 Å². The highest BCUT2D eigenvalue weighted by Gasteiger charge is 2.42. The predicted octanol–water partition coefficient (Wildman–Crippen LogP) is 22.4. The second-order valence-corrected chi connectivity index (χ2v) is 41.0. The van der Waals surface area contributed by atoms with Gasteiger partial charge in [0.25, 0.3) is 5.91 Å². The summed E-state index contributed by atoms with van der Waals surface area (Å²) in [6.07, 6.45) is 1.67. The van der Waals surface area contributed by atoms with Crippen LogP contribution in [0.1, 0.15) is 128 Å². The lowest BCUT2D eigenvalue weighted by Gasteiger charge is -2.35. The van der Waals surface area contributed by atoms with E-state index in [1.54, 1.807) is 149 Å². The fourth-order valence-corrected chi connectivity index (χ4v) is 22.6. The van der Waals surface area contributed by atoms with Crippen molar-refractivity contribution in [3.63, 3.8) is 0 Å². The Bertz CT molecular complexity index is 7600. The molecule has 4 atom stereocenters. The van der Waals surface area contributed by atoms with E-state index in [4.69, 9.17) is 95.9 Å². The minimum absolute atomic E-state index is 0.0127. The topological polar surface area (TPSA) is 337 Å². The van der Waals surface area contributed by atoms with Gasteiger partial charge in [-0.3, -0.25) is 34.1 Å². The number of methoxy groups -OCH3 is 1. The first kappa shape index (κ1) is 104. The van der Waals surface area contributed by atoms with Crippen molar-refractivity contribution in [2.24, 2.45) is 0 Å². The number of rotatable bonds is 17. The molecular weight excluding hydrogens is 2050 g/mol. The summed E-state index contributed by atoms with van der Waals surface area (Å²) in [5.41, 5.74) is 16.2. The summed E-state index contributed by atoms with van der Waals surface area (Å²) >= 11 is 31.1. The lowest BCUT2D eigenvalue weighted by Crippen LogP contribution is -2.46. The molecule has 150 heavy (non-hydrogen) atoms. The van der Waals surface area contributed by atoms with Crippen molar-refractivity contribution < 1.29 is 88.7 Å². The number of sulfonamides is 1. The number of ether oxygens (including phenoxy) is 8. The van der Waals surface area contributed by atoms with Crippen LogP contribution in [-0.4, -0.2) is 229 Å². The molecule has 0 radical (unpaired) electrons. The Kier molecular flexibility index (Phi) is 32.3. The van der Waals surface area contributed by atoms with Crippen LogP contribution in [0.3, 0.4) is 0 Å². The standard InChI is InChI=1S/C30H28Cl2N4O4.C29H33ClN4O5.C29H28ClN3O6S.C24H17ClF2N2O2/c31-20-3-8-23(9-4-20)40-30(38)36-12-11-24-25-17-21(32)5-10-26(25)34-28(24)29(36)19-1-6-22(7-2-19)33-27(37)18-35-13-15-39-16-14-35;1-3-38-28(36)33-14-11-21(12-15-33)31-27(35)19-7-5-18(6-8-19)26-25-22(13-16-34(26)29(37)39-4-2)23-17-20(30)9-10-24(23)32-25;1-37-21-5-7-22(8-6-21)39-29(34)33-13-12-24-25-18-20(30)4-11-26(25)31-27(24)28(33)19-2-9-23(10-3-19)40(35,36)32-14-16-38-17-15-32;25-15-3-10-21-20(13-15)19-11-12-29(24(30)31-18-8-6-17(27)7-9-18)23(22(19)28-21)14-1-4-16(26)5-2-14/h1-10,17,29,34H,11-16,18H2,(H,33,37);5-10,17,21,26,32H,3-4,11-16H2,1-2H3,(H,31,35);2-11,18,28,31H,12-17H2,1H3;1-10,13,23,28H,11-12H2. The summed E-state index contributed by atoms with van der Waals surface area (Å²) in [4.78, 5) is 115. The predicted molar refractivity (Wildman–Crippen MR) is 568 cm³/mol. The Balaban J connectivity index is 0.000000126. The van der Waals surface area contributed by atoms with Gasteiger partial charge < -0.3 is 73.4 Å². The minimum Gasteiger partial charge on any atom is -0.497 e. The molecule has 22 rings (SSSR count). The normalized spacial score (nSPS) is 17.3.